The monoisotopic (exact) mass is 342 g/mol. The van der Waals surface area contributed by atoms with Gasteiger partial charge in [0.05, 0.1) is 11.4 Å². The highest BCUT2D eigenvalue weighted by molar-refractivity contribution is 7.17. The lowest BCUT2D eigenvalue weighted by molar-refractivity contribution is 0.563. The average molecular weight is 342 g/mol. The SMILES string of the molecule is Cc1cn2c(CNCC3CCCN3c3cccnn3)c(C)nc2s1. The number of nitrogens with one attached hydrogen (secondary N) is 1. The third-order valence-electron chi connectivity index (χ3n) is 4.64. The van der Waals surface area contributed by atoms with Gasteiger partial charge in [-0.1, -0.05) is 0 Å². The molecule has 7 heteroatoms. The molecule has 0 aromatic carbocycles. The molecule has 1 aliphatic heterocycles. The number of thiazole rings is 1. The van der Waals surface area contributed by atoms with Gasteiger partial charge in [-0.3, -0.25) is 4.40 Å². The first-order valence-electron chi connectivity index (χ1n) is 8.41. The second kappa shape index (κ2) is 6.49. The molecular weight excluding hydrogens is 320 g/mol. The van der Waals surface area contributed by atoms with Crippen molar-refractivity contribution in [3.63, 3.8) is 0 Å². The third-order valence-corrected chi connectivity index (χ3v) is 5.54. The molecule has 1 unspecified atom stereocenters. The first-order chi connectivity index (χ1) is 11.7. The first-order valence-corrected chi connectivity index (χ1v) is 9.23. The van der Waals surface area contributed by atoms with E-state index in [-0.39, 0.29) is 0 Å². The maximum Gasteiger partial charge on any atom is 0.194 e. The van der Waals surface area contributed by atoms with Gasteiger partial charge in [-0.25, -0.2) is 4.98 Å². The van der Waals surface area contributed by atoms with Crippen molar-refractivity contribution in [1.29, 1.82) is 0 Å². The van der Waals surface area contributed by atoms with E-state index in [1.165, 1.54) is 23.4 Å². The predicted octanol–water partition coefficient (Wildman–Crippen LogP) is 2.56. The zero-order valence-corrected chi connectivity index (χ0v) is 14.9. The normalized spacial score (nSPS) is 17.9. The molecule has 0 bridgehead atoms. The Hall–Kier alpha value is -1.99. The number of nitrogens with zero attached hydrogens (tertiary/aromatic N) is 5. The molecule has 0 aliphatic carbocycles. The van der Waals surface area contributed by atoms with Crippen LogP contribution in [0.25, 0.3) is 4.96 Å². The van der Waals surface area contributed by atoms with Crippen LogP contribution in [0.15, 0.2) is 24.5 Å². The summed E-state index contributed by atoms with van der Waals surface area (Å²) in [5.74, 6) is 0.984. The second-order valence-electron chi connectivity index (χ2n) is 6.34. The van der Waals surface area contributed by atoms with Crippen molar-refractivity contribution in [2.45, 2.75) is 39.3 Å². The Morgan fingerprint density at radius 3 is 3.12 bits per heavy atom. The van der Waals surface area contributed by atoms with Crippen molar-refractivity contribution >= 4 is 22.1 Å². The largest absolute Gasteiger partial charge is 0.351 e. The number of aryl methyl sites for hydroxylation is 2. The second-order valence-corrected chi connectivity index (χ2v) is 7.55. The Labute approximate surface area is 145 Å². The van der Waals surface area contributed by atoms with Gasteiger partial charge in [0.15, 0.2) is 10.8 Å². The Morgan fingerprint density at radius 2 is 2.29 bits per heavy atom. The van der Waals surface area contributed by atoms with Gasteiger partial charge in [0.2, 0.25) is 0 Å². The minimum atomic E-state index is 0.481. The van der Waals surface area contributed by atoms with Gasteiger partial charge in [0.1, 0.15) is 0 Å². The van der Waals surface area contributed by atoms with Crippen LogP contribution in [-0.4, -0.2) is 38.7 Å². The molecule has 0 saturated carbocycles. The Balaban J connectivity index is 1.42. The van der Waals surface area contributed by atoms with Crippen molar-refractivity contribution in [2.24, 2.45) is 0 Å². The topological polar surface area (TPSA) is 58.4 Å². The van der Waals surface area contributed by atoms with Crippen LogP contribution in [0.2, 0.25) is 0 Å². The molecule has 1 aliphatic rings. The van der Waals surface area contributed by atoms with Crippen molar-refractivity contribution in [3.8, 4) is 0 Å². The highest BCUT2D eigenvalue weighted by atomic mass is 32.1. The summed E-state index contributed by atoms with van der Waals surface area (Å²) in [5.41, 5.74) is 2.38. The first kappa shape index (κ1) is 15.5. The van der Waals surface area contributed by atoms with Gasteiger partial charge in [-0.15, -0.1) is 16.4 Å². The number of imidazole rings is 1. The lowest BCUT2D eigenvalue weighted by Gasteiger charge is -2.25. The fourth-order valence-corrected chi connectivity index (χ4v) is 4.37. The molecule has 1 atom stereocenters. The summed E-state index contributed by atoms with van der Waals surface area (Å²) < 4.78 is 2.22. The fraction of sp³-hybridized carbons (Fsp3) is 0.471. The van der Waals surface area contributed by atoms with Crippen LogP contribution in [0, 0.1) is 13.8 Å². The number of hydrogen-bond donors (Lipinski definition) is 1. The summed E-state index contributed by atoms with van der Waals surface area (Å²) in [7, 11) is 0. The van der Waals surface area contributed by atoms with Crippen molar-refractivity contribution in [3.05, 3.63) is 40.8 Å². The van der Waals surface area contributed by atoms with E-state index < -0.39 is 0 Å². The number of anilines is 1. The van der Waals surface area contributed by atoms with Crippen LogP contribution in [0.1, 0.15) is 29.1 Å². The van der Waals surface area contributed by atoms with Crippen LogP contribution in [0.5, 0.6) is 0 Å². The maximum absolute atomic E-state index is 4.66. The van der Waals surface area contributed by atoms with Gasteiger partial charge in [-0.05, 0) is 38.8 Å². The van der Waals surface area contributed by atoms with Gasteiger partial charge in [0, 0.05) is 42.9 Å². The van der Waals surface area contributed by atoms with Crippen molar-refractivity contribution in [1.82, 2.24) is 24.9 Å². The molecule has 1 fully saturated rings. The molecule has 4 heterocycles. The highest BCUT2D eigenvalue weighted by Gasteiger charge is 2.25. The van der Waals surface area contributed by atoms with Gasteiger partial charge >= 0.3 is 0 Å². The summed E-state index contributed by atoms with van der Waals surface area (Å²) in [4.78, 5) is 9.41. The Bertz CT molecular complexity index is 824. The fourth-order valence-electron chi connectivity index (χ4n) is 3.48. The molecule has 0 spiro atoms. The molecule has 6 nitrogen and oxygen atoms in total. The van der Waals surface area contributed by atoms with Crippen LogP contribution >= 0.6 is 11.3 Å². The summed E-state index contributed by atoms with van der Waals surface area (Å²) in [6.45, 7) is 7.07. The molecular formula is C17H22N6S. The van der Waals surface area contributed by atoms with E-state index >= 15 is 0 Å². The predicted molar refractivity (Wildman–Crippen MR) is 96.6 cm³/mol. The van der Waals surface area contributed by atoms with Gasteiger partial charge in [-0.2, -0.15) is 5.10 Å². The van der Waals surface area contributed by atoms with E-state index in [0.29, 0.717) is 6.04 Å². The quantitative estimate of drug-likeness (QED) is 0.772. The summed E-state index contributed by atoms with van der Waals surface area (Å²) >= 11 is 1.74. The van der Waals surface area contributed by atoms with Crippen LogP contribution in [0.3, 0.4) is 0 Å². The Morgan fingerprint density at radius 1 is 1.38 bits per heavy atom. The molecule has 3 aromatic rings. The number of hydrogen-bond acceptors (Lipinski definition) is 6. The van der Waals surface area contributed by atoms with E-state index in [4.69, 9.17) is 0 Å². The molecule has 0 amide bonds. The minimum Gasteiger partial charge on any atom is -0.351 e. The van der Waals surface area contributed by atoms with E-state index in [0.717, 1.165) is 36.1 Å². The maximum atomic E-state index is 4.66. The zero-order valence-electron chi connectivity index (χ0n) is 14.1. The summed E-state index contributed by atoms with van der Waals surface area (Å²) in [6, 6.07) is 4.48. The number of rotatable bonds is 5. The molecule has 0 radical (unpaired) electrons. The lowest BCUT2D eigenvalue weighted by atomic mass is 10.2. The van der Waals surface area contributed by atoms with E-state index in [9.17, 15) is 0 Å². The minimum absolute atomic E-state index is 0.481. The highest BCUT2D eigenvalue weighted by Crippen LogP contribution is 2.23. The standard InChI is InChI=1S/C17H22N6S/c1-12-11-23-15(13(2)20-17(23)24-12)10-18-9-14-5-4-8-22(14)16-6-3-7-19-21-16/h3,6-7,11,14,18H,4-5,8-10H2,1-2H3. The van der Waals surface area contributed by atoms with Crippen LogP contribution in [0.4, 0.5) is 5.82 Å². The van der Waals surface area contributed by atoms with E-state index in [1.807, 2.05) is 12.1 Å². The zero-order chi connectivity index (χ0) is 16.5. The molecule has 3 aromatic heterocycles. The third kappa shape index (κ3) is 2.89. The van der Waals surface area contributed by atoms with Crippen LogP contribution < -0.4 is 10.2 Å². The van der Waals surface area contributed by atoms with E-state index in [1.54, 1.807) is 17.5 Å². The molecule has 1 saturated heterocycles. The molecule has 24 heavy (non-hydrogen) atoms. The lowest BCUT2D eigenvalue weighted by Crippen LogP contribution is -2.38. The Kier molecular flexibility index (Phi) is 4.20. The molecule has 126 valence electrons. The number of aromatic nitrogens is 4. The molecule has 4 rings (SSSR count). The van der Waals surface area contributed by atoms with E-state index in [2.05, 4.69) is 49.8 Å². The van der Waals surface area contributed by atoms with Crippen molar-refractivity contribution < 1.29 is 0 Å². The molecule has 1 N–H and O–H groups in total. The average Bonchev–Trinajstić information content (AvgIpc) is 3.25. The van der Waals surface area contributed by atoms with Gasteiger partial charge < -0.3 is 10.2 Å². The van der Waals surface area contributed by atoms with Crippen LogP contribution in [-0.2, 0) is 6.54 Å². The van der Waals surface area contributed by atoms with Crippen molar-refractivity contribution in [2.75, 3.05) is 18.0 Å². The summed E-state index contributed by atoms with van der Waals surface area (Å²) in [6.07, 6.45) is 6.31. The summed E-state index contributed by atoms with van der Waals surface area (Å²) in [5, 5.41) is 11.9. The van der Waals surface area contributed by atoms with Gasteiger partial charge in [0.25, 0.3) is 0 Å². The number of fused-ring (bicyclic) bond motifs is 1. The smallest absolute Gasteiger partial charge is 0.194 e.